The van der Waals surface area contributed by atoms with Crippen LogP contribution < -0.4 is 0 Å². The highest BCUT2D eigenvalue weighted by Crippen LogP contribution is 2.12. The van der Waals surface area contributed by atoms with E-state index >= 15 is 0 Å². The van der Waals surface area contributed by atoms with Crippen molar-refractivity contribution in [2.45, 2.75) is 13.8 Å². The Bertz CT molecular complexity index is 313. The van der Waals surface area contributed by atoms with Gasteiger partial charge in [0.25, 0.3) is 5.91 Å². The van der Waals surface area contributed by atoms with Gasteiger partial charge in [0.15, 0.2) is 0 Å². The van der Waals surface area contributed by atoms with Crippen LogP contribution in [0.25, 0.3) is 0 Å². The van der Waals surface area contributed by atoms with E-state index in [9.17, 15) is 4.79 Å². The molecule has 0 bridgehead atoms. The van der Waals surface area contributed by atoms with Crippen LogP contribution in [-0.4, -0.2) is 45.2 Å². The van der Waals surface area contributed by atoms with Gasteiger partial charge in [-0.05, 0) is 25.4 Å². The first kappa shape index (κ1) is 11.1. The van der Waals surface area contributed by atoms with Crippen LogP contribution >= 0.6 is 11.5 Å². The van der Waals surface area contributed by atoms with E-state index in [1.807, 2.05) is 6.92 Å². The Morgan fingerprint density at radius 1 is 1.64 bits per heavy atom. The van der Waals surface area contributed by atoms with Gasteiger partial charge in [-0.2, -0.15) is 0 Å². The van der Waals surface area contributed by atoms with Gasteiger partial charge in [0, 0.05) is 13.1 Å². The molecule has 0 atom stereocenters. The first-order valence-electron chi connectivity index (χ1n) is 4.39. The van der Waals surface area contributed by atoms with E-state index < -0.39 is 0 Å². The predicted molar refractivity (Wildman–Crippen MR) is 53.3 cm³/mol. The van der Waals surface area contributed by atoms with Crippen molar-refractivity contribution < 1.29 is 9.90 Å². The third-order valence-electron chi connectivity index (χ3n) is 1.88. The number of aliphatic hydroxyl groups excluding tert-OH is 1. The summed E-state index contributed by atoms with van der Waals surface area (Å²) in [5.74, 6) is -0.103. The summed E-state index contributed by atoms with van der Waals surface area (Å²) in [5.41, 5.74) is 0.649. The van der Waals surface area contributed by atoms with Crippen molar-refractivity contribution >= 4 is 17.4 Å². The summed E-state index contributed by atoms with van der Waals surface area (Å²) in [6.45, 7) is 4.54. The maximum Gasteiger partial charge on any atom is 0.267 e. The minimum absolute atomic E-state index is 0.0230. The highest BCUT2D eigenvalue weighted by Gasteiger charge is 2.18. The Hall–Kier alpha value is -1.01. The molecule has 0 aliphatic heterocycles. The van der Waals surface area contributed by atoms with Gasteiger partial charge in [-0.1, -0.05) is 4.49 Å². The molecule has 0 saturated heterocycles. The minimum atomic E-state index is -0.103. The normalized spacial score (nSPS) is 10.2. The number of likely N-dealkylation sites (N-methyl/N-ethyl adjacent to an activating group) is 1. The number of aliphatic hydroxyl groups is 1. The molecule has 0 aromatic carbocycles. The summed E-state index contributed by atoms with van der Waals surface area (Å²) in [4.78, 5) is 13.9. The predicted octanol–water partition coefficient (Wildman–Crippen LogP) is 0.301. The summed E-state index contributed by atoms with van der Waals surface area (Å²) in [5, 5.41) is 12.5. The molecule has 0 unspecified atom stereocenters. The van der Waals surface area contributed by atoms with E-state index in [4.69, 9.17) is 5.11 Å². The Balaban J connectivity index is 2.78. The number of hydrogen-bond acceptors (Lipinski definition) is 5. The van der Waals surface area contributed by atoms with Crippen LogP contribution in [0.4, 0.5) is 0 Å². The van der Waals surface area contributed by atoms with Gasteiger partial charge >= 0.3 is 0 Å². The quantitative estimate of drug-likeness (QED) is 0.784. The Kier molecular flexibility index (Phi) is 3.97. The molecule has 1 rings (SSSR count). The van der Waals surface area contributed by atoms with Gasteiger partial charge in [0.1, 0.15) is 4.88 Å². The zero-order valence-electron chi connectivity index (χ0n) is 8.23. The lowest BCUT2D eigenvalue weighted by Gasteiger charge is -2.18. The molecule has 1 N–H and O–H groups in total. The van der Waals surface area contributed by atoms with E-state index in [1.54, 1.807) is 11.8 Å². The van der Waals surface area contributed by atoms with E-state index in [0.29, 0.717) is 23.7 Å². The molecule has 14 heavy (non-hydrogen) atoms. The summed E-state index contributed by atoms with van der Waals surface area (Å²) in [6.07, 6.45) is 0. The topological polar surface area (TPSA) is 66.3 Å². The molecular formula is C8H13N3O2S. The zero-order valence-corrected chi connectivity index (χ0v) is 9.04. The number of carbonyl (C=O) groups excluding carboxylic acids is 1. The molecule has 1 aromatic rings. The Morgan fingerprint density at radius 2 is 2.36 bits per heavy atom. The Morgan fingerprint density at radius 3 is 2.79 bits per heavy atom. The van der Waals surface area contributed by atoms with E-state index in [2.05, 4.69) is 9.59 Å². The van der Waals surface area contributed by atoms with E-state index in [1.165, 1.54) is 0 Å². The second kappa shape index (κ2) is 5.02. The number of amides is 1. The van der Waals surface area contributed by atoms with Crippen LogP contribution in [0.2, 0.25) is 0 Å². The number of carbonyl (C=O) groups is 1. The molecule has 1 heterocycles. The molecule has 0 spiro atoms. The van der Waals surface area contributed by atoms with Crippen LogP contribution in [0.3, 0.4) is 0 Å². The van der Waals surface area contributed by atoms with Crippen molar-refractivity contribution in [3.63, 3.8) is 0 Å². The maximum atomic E-state index is 11.8. The molecule has 0 saturated carbocycles. The van der Waals surface area contributed by atoms with Crippen LogP contribution in [0, 0.1) is 6.92 Å². The monoisotopic (exact) mass is 215 g/mol. The summed E-state index contributed by atoms with van der Waals surface area (Å²) in [7, 11) is 0. The average Bonchev–Trinajstić information content (AvgIpc) is 2.59. The van der Waals surface area contributed by atoms with E-state index in [0.717, 1.165) is 11.5 Å². The van der Waals surface area contributed by atoms with Gasteiger partial charge in [-0.3, -0.25) is 4.79 Å². The number of nitrogens with zero attached hydrogens (tertiary/aromatic N) is 3. The molecule has 0 radical (unpaired) electrons. The standard InChI is InChI=1S/C8H13N3O2S/c1-3-11(4-5-12)8(13)7-6(2)9-10-14-7/h12H,3-5H2,1-2H3. The third-order valence-corrected chi connectivity index (χ3v) is 2.70. The van der Waals surface area contributed by atoms with Gasteiger partial charge in [-0.25, -0.2) is 0 Å². The lowest BCUT2D eigenvalue weighted by atomic mass is 10.3. The van der Waals surface area contributed by atoms with Gasteiger partial charge in [-0.15, -0.1) is 5.10 Å². The van der Waals surface area contributed by atoms with Crippen LogP contribution in [0.5, 0.6) is 0 Å². The number of aromatic nitrogens is 2. The summed E-state index contributed by atoms with van der Waals surface area (Å²) >= 11 is 1.09. The van der Waals surface area contributed by atoms with Gasteiger partial charge in [0.05, 0.1) is 12.3 Å². The SMILES string of the molecule is CCN(CCO)C(=O)c1snnc1C. The molecular weight excluding hydrogens is 202 g/mol. The molecule has 0 fully saturated rings. The fourth-order valence-corrected chi connectivity index (χ4v) is 1.72. The number of aryl methyl sites for hydroxylation is 1. The van der Waals surface area contributed by atoms with Crippen molar-refractivity contribution in [3.8, 4) is 0 Å². The van der Waals surface area contributed by atoms with Crippen molar-refractivity contribution in [2.24, 2.45) is 0 Å². The molecule has 78 valence electrons. The van der Waals surface area contributed by atoms with Gasteiger partial charge in [0.2, 0.25) is 0 Å². The smallest absolute Gasteiger partial charge is 0.267 e. The van der Waals surface area contributed by atoms with E-state index in [-0.39, 0.29) is 12.5 Å². The summed E-state index contributed by atoms with van der Waals surface area (Å²) in [6, 6.07) is 0. The summed E-state index contributed by atoms with van der Waals surface area (Å²) < 4.78 is 3.70. The molecule has 6 heteroatoms. The largest absolute Gasteiger partial charge is 0.395 e. The lowest BCUT2D eigenvalue weighted by Crippen LogP contribution is -2.33. The highest BCUT2D eigenvalue weighted by atomic mass is 32.1. The van der Waals surface area contributed by atoms with Crippen molar-refractivity contribution in [1.82, 2.24) is 14.5 Å². The Labute approximate surface area is 86.5 Å². The fourth-order valence-electron chi connectivity index (χ4n) is 1.10. The van der Waals surface area contributed by atoms with Gasteiger partial charge < -0.3 is 10.0 Å². The lowest BCUT2D eigenvalue weighted by molar-refractivity contribution is 0.0736. The molecule has 1 aromatic heterocycles. The third kappa shape index (κ3) is 2.27. The van der Waals surface area contributed by atoms with Crippen molar-refractivity contribution in [3.05, 3.63) is 10.6 Å². The average molecular weight is 215 g/mol. The zero-order chi connectivity index (χ0) is 10.6. The first-order chi connectivity index (χ1) is 6.70. The number of rotatable bonds is 4. The second-order valence-electron chi connectivity index (χ2n) is 2.80. The van der Waals surface area contributed by atoms with Crippen molar-refractivity contribution in [1.29, 1.82) is 0 Å². The van der Waals surface area contributed by atoms with Crippen LogP contribution in [0.1, 0.15) is 22.3 Å². The second-order valence-corrected chi connectivity index (χ2v) is 3.55. The molecule has 5 nitrogen and oxygen atoms in total. The van der Waals surface area contributed by atoms with Crippen molar-refractivity contribution in [2.75, 3.05) is 19.7 Å². The fraction of sp³-hybridized carbons (Fsp3) is 0.625. The molecule has 0 aliphatic rings. The minimum Gasteiger partial charge on any atom is -0.395 e. The van der Waals surface area contributed by atoms with Crippen LogP contribution in [0.15, 0.2) is 0 Å². The molecule has 1 amide bonds. The highest BCUT2D eigenvalue weighted by molar-refractivity contribution is 7.07. The molecule has 0 aliphatic carbocycles. The maximum absolute atomic E-state index is 11.8. The van der Waals surface area contributed by atoms with Crippen LogP contribution in [-0.2, 0) is 0 Å². The number of hydrogen-bond donors (Lipinski definition) is 1. The first-order valence-corrected chi connectivity index (χ1v) is 5.17.